The monoisotopic (exact) mass is 310 g/mol. The van der Waals surface area contributed by atoms with Crippen molar-refractivity contribution in [2.24, 2.45) is 17.8 Å². The zero-order valence-corrected chi connectivity index (χ0v) is 15.0. The van der Waals surface area contributed by atoms with Gasteiger partial charge in [0.25, 0.3) is 0 Å². The van der Waals surface area contributed by atoms with Crippen molar-refractivity contribution in [2.45, 2.75) is 97.2 Å². The Balaban J connectivity index is 1.55. The lowest BCUT2D eigenvalue weighted by atomic mass is 9.79. The van der Waals surface area contributed by atoms with Crippen LogP contribution >= 0.6 is 0 Å². The van der Waals surface area contributed by atoms with Gasteiger partial charge in [0.2, 0.25) is 0 Å². The average molecular weight is 311 g/mol. The molecular formula is C20H38O2. The number of ether oxygens (including phenoxy) is 2. The van der Waals surface area contributed by atoms with Crippen LogP contribution in [-0.2, 0) is 9.47 Å². The largest absolute Gasteiger partial charge is 0.352 e. The first kappa shape index (κ1) is 18.3. The third kappa shape index (κ3) is 6.20. The van der Waals surface area contributed by atoms with E-state index >= 15 is 0 Å². The van der Waals surface area contributed by atoms with Crippen LogP contribution in [0.15, 0.2) is 0 Å². The highest BCUT2D eigenvalue weighted by atomic mass is 16.7. The highest BCUT2D eigenvalue weighted by molar-refractivity contribution is 4.77. The van der Waals surface area contributed by atoms with Gasteiger partial charge in [-0.15, -0.1) is 0 Å². The molecule has 1 aliphatic carbocycles. The van der Waals surface area contributed by atoms with Gasteiger partial charge in [-0.1, -0.05) is 58.8 Å². The fraction of sp³-hybridized carbons (Fsp3) is 1.00. The molecule has 2 rings (SSSR count). The first-order valence-electron chi connectivity index (χ1n) is 10.1. The van der Waals surface area contributed by atoms with Gasteiger partial charge in [-0.25, -0.2) is 0 Å². The van der Waals surface area contributed by atoms with E-state index in [2.05, 4.69) is 13.8 Å². The maximum Gasteiger partial charge on any atom is 0.160 e. The molecule has 0 aromatic rings. The van der Waals surface area contributed by atoms with Crippen molar-refractivity contribution in [3.8, 4) is 0 Å². The molecule has 0 aromatic carbocycles. The third-order valence-corrected chi connectivity index (χ3v) is 5.68. The van der Waals surface area contributed by atoms with Crippen molar-refractivity contribution in [2.75, 3.05) is 13.2 Å². The summed E-state index contributed by atoms with van der Waals surface area (Å²) in [5.74, 6) is 2.29. The van der Waals surface area contributed by atoms with E-state index in [-0.39, 0.29) is 6.29 Å². The van der Waals surface area contributed by atoms with E-state index in [0.29, 0.717) is 11.8 Å². The van der Waals surface area contributed by atoms with Crippen LogP contribution in [0.5, 0.6) is 0 Å². The van der Waals surface area contributed by atoms with Crippen molar-refractivity contribution in [3.05, 3.63) is 0 Å². The molecule has 1 aliphatic heterocycles. The van der Waals surface area contributed by atoms with Gasteiger partial charge >= 0.3 is 0 Å². The Labute approximate surface area is 138 Å². The maximum absolute atomic E-state index is 6.02. The Morgan fingerprint density at radius 3 is 2.00 bits per heavy atom. The van der Waals surface area contributed by atoms with Crippen molar-refractivity contribution in [1.29, 1.82) is 0 Å². The van der Waals surface area contributed by atoms with Gasteiger partial charge < -0.3 is 9.47 Å². The summed E-state index contributed by atoms with van der Waals surface area (Å²) in [7, 11) is 0. The molecule has 1 saturated carbocycles. The van der Waals surface area contributed by atoms with E-state index in [4.69, 9.17) is 9.47 Å². The van der Waals surface area contributed by atoms with Crippen molar-refractivity contribution >= 4 is 0 Å². The molecule has 2 fully saturated rings. The van der Waals surface area contributed by atoms with Crippen LogP contribution in [-0.4, -0.2) is 19.5 Å². The minimum absolute atomic E-state index is 0.110. The zero-order valence-electron chi connectivity index (χ0n) is 15.0. The lowest BCUT2D eigenvalue weighted by molar-refractivity contribution is -0.230. The summed E-state index contributed by atoms with van der Waals surface area (Å²) >= 11 is 0. The van der Waals surface area contributed by atoms with Crippen LogP contribution in [0.3, 0.4) is 0 Å². The van der Waals surface area contributed by atoms with Crippen LogP contribution in [0.4, 0.5) is 0 Å². The molecule has 22 heavy (non-hydrogen) atoms. The molecule has 0 N–H and O–H groups in total. The Kier molecular flexibility index (Phi) is 8.84. The van der Waals surface area contributed by atoms with E-state index < -0.39 is 0 Å². The lowest BCUT2D eigenvalue weighted by Gasteiger charge is -2.37. The standard InChI is InChI=1S/C20H38O2/c1-3-5-6-7-8-10-17-11-13-19(14-12-17)20-21-15-18(9-4-2)16-22-20/h17-20H,3-16H2,1-2H3/t17?,18-,19?,20-. The number of unbranched alkanes of at least 4 members (excludes halogenated alkanes) is 4. The zero-order chi connectivity index (χ0) is 15.6. The molecule has 0 radical (unpaired) electrons. The van der Waals surface area contributed by atoms with Gasteiger partial charge in [0.15, 0.2) is 6.29 Å². The summed E-state index contributed by atoms with van der Waals surface area (Å²) in [6, 6.07) is 0. The fourth-order valence-electron chi connectivity index (χ4n) is 4.19. The smallest absolute Gasteiger partial charge is 0.160 e. The van der Waals surface area contributed by atoms with Gasteiger partial charge in [0.05, 0.1) is 13.2 Å². The van der Waals surface area contributed by atoms with Gasteiger partial charge in [0.1, 0.15) is 0 Å². The summed E-state index contributed by atoms with van der Waals surface area (Å²) in [6.45, 7) is 6.39. The molecule has 2 aliphatic rings. The van der Waals surface area contributed by atoms with Crippen molar-refractivity contribution in [1.82, 2.24) is 0 Å². The van der Waals surface area contributed by atoms with E-state index in [9.17, 15) is 0 Å². The number of hydrogen-bond donors (Lipinski definition) is 0. The summed E-state index contributed by atoms with van der Waals surface area (Å²) in [5.41, 5.74) is 0. The topological polar surface area (TPSA) is 18.5 Å². The van der Waals surface area contributed by atoms with E-state index in [1.54, 1.807) is 0 Å². The molecule has 0 aromatic heterocycles. The molecule has 0 spiro atoms. The molecule has 0 bridgehead atoms. The molecule has 1 heterocycles. The number of rotatable bonds is 9. The quantitative estimate of drug-likeness (QED) is 0.490. The summed E-state index contributed by atoms with van der Waals surface area (Å²) in [6.07, 6.45) is 16.6. The highest BCUT2D eigenvalue weighted by Gasteiger charge is 2.32. The lowest BCUT2D eigenvalue weighted by Crippen LogP contribution is -2.38. The molecule has 0 amide bonds. The average Bonchev–Trinajstić information content (AvgIpc) is 2.56. The predicted molar refractivity (Wildman–Crippen MR) is 92.9 cm³/mol. The van der Waals surface area contributed by atoms with Crippen molar-refractivity contribution < 1.29 is 9.47 Å². The molecular weight excluding hydrogens is 272 g/mol. The SMILES string of the molecule is CCCCCCCC1CCC([C@H]2OC[C@H](CCC)CO2)CC1. The summed E-state index contributed by atoms with van der Waals surface area (Å²) < 4.78 is 12.0. The third-order valence-electron chi connectivity index (χ3n) is 5.68. The van der Waals surface area contributed by atoms with Crippen LogP contribution in [0.25, 0.3) is 0 Å². The van der Waals surface area contributed by atoms with Crippen LogP contribution in [0.2, 0.25) is 0 Å². The Morgan fingerprint density at radius 2 is 1.36 bits per heavy atom. The van der Waals surface area contributed by atoms with Crippen LogP contribution in [0, 0.1) is 17.8 Å². The summed E-state index contributed by atoms with van der Waals surface area (Å²) in [4.78, 5) is 0. The molecule has 130 valence electrons. The Bertz CT molecular complexity index is 263. The molecule has 2 nitrogen and oxygen atoms in total. The maximum atomic E-state index is 6.02. The first-order valence-corrected chi connectivity index (χ1v) is 10.1. The van der Waals surface area contributed by atoms with Crippen LogP contribution < -0.4 is 0 Å². The Hall–Kier alpha value is -0.0800. The van der Waals surface area contributed by atoms with Crippen LogP contribution in [0.1, 0.15) is 90.9 Å². The van der Waals surface area contributed by atoms with Gasteiger partial charge in [0, 0.05) is 11.8 Å². The van der Waals surface area contributed by atoms with Crippen molar-refractivity contribution in [3.63, 3.8) is 0 Å². The number of hydrogen-bond acceptors (Lipinski definition) is 2. The Morgan fingerprint density at radius 1 is 0.682 bits per heavy atom. The van der Waals surface area contributed by atoms with E-state index in [1.165, 1.54) is 77.0 Å². The minimum atomic E-state index is 0.110. The second kappa shape index (κ2) is 10.6. The molecule has 1 saturated heterocycles. The normalized spacial score (nSPS) is 33.0. The first-order chi connectivity index (χ1) is 10.8. The molecule has 0 atom stereocenters. The fourth-order valence-corrected chi connectivity index (χ4v) is 4.19. The minimum Gasteiger partial charge on any atom is -0.352 e. The molecule has 0 unspecified atom stereocenters. The predicted octanol–water partition coefficient (Wildman–Crippen LogP) is 5.94. The second-order valence-corrected chi connectivity index (χ2v) is 7.67. The highest BCUT2D eigenvalue weighted by Crippen LogP contribution is 2.36. The summed E-state index contributed by atoms with van der Waals surface area (Å²) in [5, 5.41) is 0. The van der Waals surface area contributed by atoms with E-state index in [0.717, 1.165) is 19.1 Å². The van der Waals surface area contributed by atoms with E-state index in [1.807, 2.05) is 0 Å². The van der Waals surface area contributed by atoms with Gasteiger partial charge in [-0.3, -0.25) is 0 Å². The van der Waals surface area contributed by atoms with Gasteiger partial charge in [-0.2, -0.15) is 0 Å². The van der Waals surface area contributed by atoms with Gasteiger partial charge in [-0.05, 0) is 38.0 Å². The second-order valence-electron chi connectivity index (χ2n) is 7.67. The molecule has 2 heteroatoms.